The van der Waals surface area contributed by atoms with Crippen molar-refractivity contribution in [2.45, 2.75) is 25.3 Å². The van der Waals surface area contributed by atoms with Gasteiger partial charge in [0, 0.05) is 14.6 Å². The Bertz CT molecular complexity index is 523. The van der Waals surface area contributed by atoms with Gasteiger partial charge in [-0.15, -0.1) is 0 Å². The molecule has 0 saturated carbocycles. The standard InChI is InChI=1S/C13H14BrIN2OS/c14-8-4-5-10(15)9(7-8)13(18)17-6-2-1-3-11(17)12(16)19/h4-5,7,11H,1-3,6H2,(H2,16,19). The lowest BCUT2D eigenvalue weighted by atomic mass is 10.0. The largest absolute Gasteiger partial charge is 0.392 e. The van der Waals surface area contributed by atoms with E-state index in [1.807, 2.05) is 23.1 Å². The molecular formula is C13H14BrIN2OS. The minimum absolute atomic E-state index is 0.0169. The second-order valence-corrected chi connectivity index (χ2v) is 7.09. The highest BCUT2D eigenvalue weighted by atomic mass is 127. The molecule has 0 spiro atoms. The summed E-state index contributed by atoms with van der Waals surface area (Å²) >= 11 is 10.7. The topological polar surface area (TPSA) is 46.3 Å². The number of nitrogens with zero attached hydrogens (tertiary/aromatic N) is 1. The molecule has 1 aliphatic rings. The third kappa shape index (κ3) is 3.46. The predicted octanol–water partition coefficient (Wildman–Crippen LogP) is 3.33. The van der Waals surface area contributed by atoms with Crippen LogP contribution in [0.4, 0.5) is 0 Å². The van der Waals surface area contributed by atoms with Gasteiger partial charge in [0.15, 0.2) is 0 Å². The first kappa shape index (κ1) is 15.2. The van der Waals surface area contributed by atoms with Gasteiger partial charge in [-0.05, 0) is 60.1 Å². The number of thiocarbonyl (C=S) groups is 1. The number of nitrogens with two attached hydrogens (primary N) is 1. The van der Waals surface area contributed by atoms with E-state index in [9.17, 15) is 4.79 Å². The van der Waals surface area contributed by atoms with Crippen LogP contribution in [-0.2, 0) is 0 Å². The molecule has 6 heteroatoms. The summed E-state index contributed by atoms with van der Waals surface area (Å²) in [6, 6.07) is 5.61. The van der Waals surface area contributed by atoms with Crippen molar-refractivity contribution in [1.82, 2.24) is 4.90 Å². The van der Waals surface area contributed by atoms with Gasteiger partial charge in [0.25, 0.3) is 5.91 Å². The molecule has 0 bridgehead atoms. The van der Waals surface area contributed by atoms with E-state index in [1.165, 1.54) is 0 Å². The van der Waals surface area contributed by atoms with Crippen LogP contribution in [0.25, 0.3) is 0 Å². The number of amides is 1. The summed E-state index contributed by atoms with van der Waals surface area (Å²) in [6.07, 6.45) is 2.95. The fourth-order valence-corrected chi connectivity index (χ4v) is 3.46. The van der Waals surface area contributed by atoms with Gasteiger partial charge in [0.05, 0.1) is 16.6 Å². The second-order valence-electron chi connectivity index (χ2n) is 4.54. The number of carbonyl (C=O) groups excluding carboxylic acids is 1. The molecule has 1 heterocycles. The van der Waals surface area contributed by atoms with Crippen LogP contribution in [0, 0.1) is 3.57 Å². The first-order valence-electron chi connectivity index (χ1n) is 6.06. The van der Waals surface area contributed by atoms with Crippen LogP contribution in [0.2, 0.25) is 0 Å². The molecule has 0 aliphatic carbocycles. The lowest BCUT2D eigenvalue weighted by Crippen LogP contribution is -2.50. The molecule has 1 aromatic rings. The quantitative estimate of drug-likeness (QED) is 0.553. The predicted molar refractivity (Wildman–Crippen MR) is 92.3 cm³/mol. The SMILES string of the molecule is NC(=S)C1CCCCN1C(=O)c1cc(Br)ccc1I. The maximum atomic E-state index is 12.7. The molecule has 2 N–H and O–H groups in total. The molecule has 0 aromatic heterocycles. The van der Waals surface area contributed by atoms with Gasteiger partial charge in [0.2, 0.25) is 0 Å². The van der Waals surface area contributed by atoms with E-state index >= 15 is 0 Å². The number of benzene rings is 1. The third-order valence-corrected chi connectivity index (χ3v) is 4.96. The Hall–Kier alpha value is -0.210. The summed E-state index contributed by atoms with van der Waals surface area (Å²) in [5.74, 6) is 0.0169. The molecule has 1 aromatic carbocycles. The van der Waals surface area contributed by atoms with Crippen molar-refractivity contribution in [3.63, 3.8) is 0 Å². The minimum atomic E-state index is -0.106. The molecule has 1 atom stereocenters. The van der Waals surface area contributed by atoms with Crippen molar-refractivity contribution in [3.05, 3.63) is 31.8 Å². The van der Waals surface area contributed by atoms with Crippen LogP contribution >= 0.6 is 50.7 Å². The molecule has 1 aliphatic heterocycles. The lowest BCUT2D eigenvalue weighted by molar-refractivity contribution is 0.0680. The maximum absolute atomic E-state index is 12.7. The van der Waals surface area contributed by atoms with Gasteiger partial charge in [0.1, 0.15) is 0 Å². The van der Waals surface area contributed by atoms with E-state index in [0.29, 0.717) is 10.6 Å². The van der Waals surface area contributed by atoms with E-state index in [2.05, 4.69) is 38.5 Å². The molecule has 0 radical (unpaired) electrons. The molecule has 19 heavy (non-hydrogen) atoms. The number of hydrogen-bond acceptors (Lipinski definition) is 2. The Kier molecular flexibility index (Phi) is 5.19. The van der Waals surface area contributed by atoms with Gasteiger partial charge in [-0.2, -0.15) is 0 Å². The zero-order chi connectivity index (χ0) is 14.0. The number of rotatable bonds is 2. The fourth-order valence-electron chi connectivity index (χ4n) is 2.29. The summed E-state index contributed by atoms with van der Waals surface area (Å²) < 4.78 is 1.85. The van der Waals surface area contributed by atoms with Gasteiger partial charge in [-0.25, -0.2) is 0 Å². The highest BCUT2D eigenvalue weighted by molar-refractivity contribution is 14.1. The first-order chi connectivity index (χ1) is 9.00. The normalized spacial score (nSPS) is 19.3. The van der Waals surface area contributed by atoms with Gasteiger partial charge < -0.3 is 10.6 Å². The maximum Gasteiger partial charge on any atom is 0.255 e. The Labute approximate surface area is 140 Å². The zero-order valence-corrected chi connectivity index (χ0v) is 14.8. The number of likely N-dealkylation sites (tertiary alicyclic amines) is 1. The second kappa shape index (κ2) is 6.49. The van der Waals surface area contributed by atoms with Crippen molar-refractivity contribution < 1.29 is 4.79 Å². The number of halogens is 2. The number of piperidine rings is 1. The van der Waals surface area contributed by atoms with Crippen LogP contribution in [0.3, 0.4) is 0 Å². The fraction of sp³-hybridized carbons (Fsp3) is 0.385. The lowest BCUT2D eigenvalue weighted by Gasteiger charge is -2.35. The van der Waals surface area contributed by atoms with E-state index in [1.54, 1.807) is 0 Å². The highest BCUT2D eigenvalue weighted by Crippen LogP contribution is 2.24. The van der Waals surface area contributed by atoms with Crippen molar-refractivity contribution in [2.24, 2.45) is 5.73 Å². The Morgan fingerprint density at radius 2 is 2.21 bits per heavy atom. The van der Waals surface area contributed by atoms with Gasteiger partial charge in [-0.3, -0.25) is 4.79 Å². The molecule has 1 unspecified atom stereocenters. The van der Waals surface area contributed by atoms with Gasteiger partial charge in [-0.1, -0.05) is 28.1 Å². The Morgan fingerprint density at radius 3 is 2.89 bits per heavy atom. The molecule has 1 saturated heterocycles. The van der Waals surface area contributed by atoms with E-state index in [0.717, 1.165) is 33.9 Å². The molecule has 3 nitrogen and oxygen atoms in total. The molecule has 2 rings (SSSR count). The molecule has 1 fully saturated rings. The number of hydrogen-bond donors (Lipinski definition) is 1. The van der Waals surface area contributed by atoms with Crippen molar-refractivity contribution in [3.8, 4) is 0 Å². The number of carbonyl (C=O) groups is 1. The van der Waals surface area contributed by atoms with Gasteiger partial charge >= 0.3 is 0 Å². The summed E-state index contributed by atoms with van der Waals surface area (Å²) in [5.41, 5.74) is 6.47. The van der Waals surface area contributed by atoms with Crippen LogP contribution in [0.15, 0.2) is 22.7 Å². The molecular weight excluding hydrogens is 439 g/mol. The van der Waals surface area contributed by atoms with Crippen molar-refractivity contribution in [1.29, 1.82) is 0 Å². The summed E-state index contributed by atoms with van der Waals surface area (Å²) in [5, 5.41) is 0. The van der Waals surface area contributed by atoms with Crippen LogP contribution in [-0.4, -0.2) is 28.4 Å². The van der Waals surface area contributed by atoms with Crippen LogP contribution in [0.5, 0.6) is 0 Å². The van der Waals surface area contributed by atoms with Crippen molar-refractivity contribution >= 4 is 61.6 Å². The summed E-state index contributed by atoms with van der Waals surface area (Å²) in [6.45, 7) is 0.726. The molecule has 102 valence electrons. The average molecular weight is 453 g/mol. The van der Waals surface area contributed by atoms with E-state index < -0.39 is 0 Å². The summed E-state index contributed by atoms with van der Waals surface area (Å²) in [4.78, 5) is 14.9. The Morgan fingerprint density at radius 1 is 1.47 bits per heavy atom. The summed E-state index contributed by atoms with van der Waals surface area (Å²) in [7, 11) is 0. The zero-order valence-electron chi connectivity index (χ0n) is 10.2. The smallest absolute Gasteiger partial charge is 0.255 e. The van der Waals surface area contributed by atoms with Crippen LogP contribution < -0.4 is 5.73 Å². The monoisotopic (exact) mass is 452 g/mol. The Balaban J connectivity index is 2.31. The minimum Gasteiger partial charge on any atom is -0.392 e. The first-order valence-corrected chi connectivity index (χ1v) is 8.34. The highest BCUT2D eigenvalue weighted by Gasteiger charge is 2.30. The van der Waals surface area contributed by atoms with Crippen molar-refractivity contribution in [2.75, 3.05) is 6.54 Å². The average Bonchev–Trinajstić information content (AvgIpc) is 2.40. The van der Waals surface area contributed by atoms with E-state index in [-0.39, 0.29) is 11.9 Å². The van der Waals surface area contributed by atoms with E-state index in [4.69, 9.17) is 18.0 Å². The van der Waals surface area contributed by atoms with Crippen LogP contribution in [0.1, 0.15) is 29.6 Å². The third-order valence-electron chi connectivity index (χ3n) is 3.25. The molecule has 1 amide bonds.